The Morgan fingerprint density at radius 3 is 2.95 bits per heavy atom. The van der Waals surface area contributed by atoms with Gasteiger partial charge in [-0.1, -0.05) is 6.92 Å². The van der Waals surface area contributed by atoms with Gasteiger partial charge in [-0.25, -0.2) is 0 Å². The Morgan fingerprint density at radius 1 is 1.33 bits per heavy atom. The largest absolute Gasteiger partial charge is 0.493 e. The summed E-state index contributed by atoms with van der Waals surface area (Å²) in [6.45, 7) is 4.08. The van der Waals surface area contributed by atoms with Gasteiger partial charge in [0.15, 0.2) is 11.5 Å². The van der Waals surface area contributed by atoms with Crippen LogP contribution < -0.4 is 15.0 Å². The van der Waals surface area contributed by atoms with E-state index in [2.05, 4.69) is 18.5 Å². The second kappa shape index (κ2) is 5.95. The quantitative estimate of drug-likeness (QED) is 0.903. The van der Waals surface area contributed by atoms with Gasteiger partial charge in [0, 0.05) is 18.6 Å². The molecule has 5 nitrogen and oxygen atoms in total. The maximum atomic E-state index is 5.75. The summed E-state index contributed by atoms with van der Waals surface area (Å²) < 4.78 is 16.5. The van der Waals surface area contributed by atoms with Crippen LogP contribution in [0.5, 0.6) is 11.5 Å². The Labute approximate surface area is 124 Å². The van der Waals surface area contributed by atoms with Crippen LogP contribution in [-0.4, -0.2) is 32.5 Å². The van der Waals surface area contributed by atoms with E-state index in [1.54, 1.807) is 7.11 Å². The van der Waals surface area contributed by atoms with Gasteiger partial charge in [-0.15, -0.1) is 0 Å². The zero-order chi connectivity index (χ0) is 14.7. The van der Waals surface area contributed by atoms with E-state index in [1.807, 2.05) is 18.2 Å². The third-order valence-corrected chi connectivity index (χ3v) is 3.72. The lowest BCUT2D eigenvalue weighted by Crippen LogP contribution is -2.29. The minimum atomic E-state index is -0.320. The normalized spacial score (nSPS) is 24.0. The molecule has 1 N–H and O–H groups in total. The number of benzene rings is 1. The van der Waals surface area contributed by atoms with Gasteiger partial charge in [0.25, 0.3) is 0 Å². The third kappa shape index (κ3) is 2.84. The monoisotopic (exact) mass is 291 g/mol. The van der Waals surface area contributed by atoms with E-state index in [9.17, 15) is 0 Å². The lowest BCUT2D eigenvalue weighted by Gasteiger charge is -2.15. The molecule has 1 saturated heterocycles. The molecule has 0 radical (unpaired) electrons. The van der Waals surface area contributed by atoms with E-state index in [0.717, 1.165) is 42.2 Å². The highest BCUT2D eigenvalue weighted by molar-refractivity contribution is 5.68. The SMILES string of the molecule is CCCOc1cc(C2=CC3(CCOC3)ON2)ccc1OC. The Morgan fingerprint density at radius 2 is 2.24 bits per heavy atom. The summed E-state index contributed by atoms with van der Waals surface area (Å²) in [6, 6.07) is 5.89. The molecule has 0 amide bonds. The summed E-state index contributed by atoms with van der Waals surface area (Å²) >= 11 is 0. The molecule has 114 valence electrons. The minimum absolute atomic E-state index is 0.320. The van der Waals surface area contributed by atoms with Gasteiger partial charge >= 0.3 is 0 Å². The number of methoxy groups -OCH3 is 1. The Balaban J connectivity index is 1.85. The van der Waals surface area contributed by atoms with Crippen molar-refractivity contribution >= 4 is 5.70 Å². The predicted molar refractivity (Wildman–Crippen MR) is 79.1 cm³/mol. The van der Waals surface area contributed by atoms with Gasteiger partial charge in [-0.2, -0.15) is 0 Å². The fourth-order valence-electron chi connectivity index (χ4n) is 2.55. The first-order valence-corrected chi connectivity index (χ1v) is 7.32. The second-order valence-electron chi connectivity index (χ2n) is 5.34. The summed E-state index contributed by atoms with van der Waals surface area (Å²) in [5.74, 6) is 1.49. The van der Waals surface area contributed by atoms with Crippen LogP contribution in [0.1, 0.15) is 25.3 Å². The lowest BCUT2D eigenvalue weighted by atomic mass is 10.0. The van der Waals surface area contributed by atoms with Crippen molar-refractivity contribution < 1.29 is 19.0 Å². The van der Waals surface area contributed by atoms with Crippen molar-refractivity contribution in [3.63, 3.8) is 0 Å². The highest BCUT2D eigenvalue weighted by Gasteiger charge is 2.39. The molecular weight excluding hydrogens is 270 g/mol. The molecule has 1 unspecified atom stereocenters. The number of nitrogens with one attached hydrogen (secondary N) is 1. The molecule has 1 spiro atoms. The van der Waals surface area contributed by atoms with Crippen molar-refractivity contribution in [1.29, 1.82) is 0 Å². The first-order chi connectivity index (χ1) is 10.3. The number of hydrogen-bond acceptors (Lipinski definition) is 5. The summed E-state index contributed by atoms with van der Waals surface area (Å²) in [4.78, 5) is 5.71. The topological polar surface area (TPSA) is 49.0 Å². The molecule has 1 aromatic carbocycles. The first kappa shape index (κ1) is 14.2. The van der Waals surface area contributed by atoms with Crippen LogP contribution in [0.2, 0.25) is 0 Å². The van der Waals surface area contributed by atoms with Crippen molar-refractivity contribution in [1.82, 2.24) is 5.48 Å². The highest BCUT2D eigenvalue weighted by Crippen LogP contribution is 2.35. The van der Waals surface area contributed by atoms with E-state index < -0.39 is 0 Å². The highest BCUT2D eigenvalue weighted by atomic mass is 16.7. The summed E-state index contributed by atoms with van der Waals surface area (Å²) in [5, 5.41) is 0. The average Bonchev–Trinajstić information content (AvgIpc) is 3.15. The van der Waals surface area contributed by atoms with Gasteiger partial charge in [0.1, 0.15) is 5.60 Å². The predicted octanol–water partition coefficient (Wildman–Crippen LogP) is 2.52. The van der Waals surface area contributed by atoms with E-state index in [4.69, 9.17) is 19.0 Å². The van der Waals surface area contributed by atoms with Crippen molar-refractivity contribution in [3.05, 3.63) is 29.8 Å². The van der Waals surface area contributed by atoms with E-state index in [-0.39, 0.29) is 5.60 Å². The number of hydroxylamine groups is 1. The van der Waals surface area contributed by atoms with Crippen molar-refractivity contribution in [2.75, 3.05) is 26.9 Å². The smallest absolute Gasteiger partial charge is 0.161 e. The van der Waals surface area contributed by atoms with Crippen molar-refractivity contribution in [3.8, 4) is 11.5 Å². The number of ether oxygens (including phenoxy) is 3. The van der Waals surface area contributed by atoms with E-state index in [1.165, 1.54) is 0 Å². The van der Waals surface area contributed by atoms with E-state index >= 15 is 0 Å². The molecule has 1 atom stereocenters. The van der Waals surface area contributed by atoms with Crippen molar-refractivity contribution in [2.24, 2.45) is 0 Å². The van der Waals surface area contributed by atoms with Crippen LogP contribution in [0.4, 0.5) is 0 Å². The maximum Gasteiger partial charge on any atom is 0.161 e. The maximum absolute atomic E-state index is 5.75. The molecule has 1 fully saturated rings. The Hall–Kier alpha value is -1.72. The Bertz CT molecular complexity index is 535. The Kier molecular flexibility index (Phi) is 4.03. The van der Waals surface area contributed by atoms with Crippen LogP contribution in [0.3, 0.4) is 0 Å². The second-order valence-corrected chi connectivity index (χ2v) is 5.34. The zero-order valence-corrected chi connectivity index (χ0v) is 12.5. The van der Waals surface area contributed by atoms with Gasteiger partial charge < -0.3 is 14.2 Å². The molecule has 0 aromatic heterocycles. The van der Waals surface area contributed by atoms with Crippen LogP contribution in [-0.2, 0) is 9.57 Å². The molecular formula is C16H21NO4. The van der Waals surface area contributed by atoms with Gasteiger partial charge in [-0.3, -0.25) is 10.3 Å². The molecule has 21 heavy (non-hydrogen) atoms. The van der Waals surface area contributed by atoms with Gasteiger partial charge in [0.05, 0.1) is 26.0 Å². The van der Waals surface area contributed by atoms with Crippen LogP contribution >= 0.6 is 0 Å². The number of rotatable bonds is 5. The summed E-state index contributed by atoms with van der Waals surface area (Å²) in [7, 11) is 1.65. The fourth-order valence-corrected chi connectivity index (χ4v) is 2.55. The summed E-state index contributed by atoms with van der Waals surface area (Å²) in [6.07, 6.45) is 3.93. The molecule has 2 aliphatic heterocycles. The lowest BCUT2D eigenvalue weighted by molar-refractivity contribution is -0.0373. The third-order valence-electron chi connectivity index (χ3n) is 3.72. The van der Waals surface area contributed by atoms with Crippen LogP contribution in [0.25, 0.3) is 5.70 Å². The minimum Gasteiger partial charge on any atom is -0.493 e. The van der Waals surface area contributed by atoms with Crippen LogP contribution in [0.15, 0.2) is 24.3 Å². The molecule has 2 heterocycles. The first-order valence-electron chi connectivity index (χ1n) is 7.32. The fraction of sp³-hybridized carbons (Fsp3) is 0.500. The molecule has 0 aliphatic carbocycles. The summed E-state index contributed by atoms with van der Waals surface area (Å²) in [5.41, 5.74) is 4.66. The van der Waals surface area contributed by atoms with E-state index in [0.29, 0.717) is 13.2 Å². The van der Waals surface area contributed by atoms with Crippen molar-refractivity contribution in [2.45, 2.75) is 25.4 Å². The zero-order valence-electron chi connectivity index (χ0n) is 12.5. The molecule has 5 heteroatoms. The molecule has 2 aliphatic rings. The van der Waals surface area contributed by atoms with Gasteiger partial charge in [-0.05, 0) is 30.7 Å². The number of hydrogen-bond donors (Lipinski definition) is 1. The molecule has 0 bridgehead atoms. The molecule has 0 saturated carbocycles. The van der Waals surface area contributed by atoms with Crippen LogP contribution in [0, 0.1) is 0 Å². The average molecular weight is 291 g/mol. The molecule has 1 aromatic rings. The molecule has 3 rings (SSSR count). The van der Waals surface area contributed by atoms with Gasteiger partial charge in [0.2, 0.25) is 0 Å². The standard InChI is InChI=1S/C16H21NO4/c1-3-7-20-15-9-12(4-5-14(15)18-2)13-10-16(21-17-13)6-8-19-11-16/h4-5,9-10,17H,3,6-8,11H2,1-2H3.